The Bertz CT molecular complexity index is 271. The monoisotopic (exact) mass is 246 g/mol. The molecule has 16 heavy (non-hydrogen) atoms. The molecule has 1 atom stereocenters. The minimum absolute atomic E-state index is 0.0444. The van der Waals surface area contributed by atoms with Crippen molar-refractivity contribution >= 4 is 23.8 Å². The van der Waals surface area contributed by atoms with E-state index in [0.29, 0.717) is 18.8 Å². The average molecular weight is 246 g/mol. The number of urea groups is 1. The Balaban J connectivity index is 2.28. The van der Waals surface area contributed by atoms with Gasteiger partial charge in [-0.2, -0.15) is 0 Å². The highest BCUT2D eigenvalue weighted by Gasteiger charge is 2.23. The van der Waals surface area contributed by atoms with E-state index in [1.165, 1.54) is 11.8 Å². The molecule has 2 N–H and O–H groups in total. The molecule has 1 aliphatic rings. The van der Waals surface area contributed by atoms with Crippen LogP contribution in [0.4, 0.5) is 4.79 Å². The molecule has 0 aromatic heterocycles. The Morgan fingerprint density at radius 2 is 2.31 bits per heavy atom. The molecule has 0 aromatic carbocycles. The molecule has 0 saturated carbocycles. The maximum atomic E-state index is 11.2. The minimum atomic E-state index is -0.772. The smallest absolute Gasteiger partial charge is 0.317 e. The maximum Gasteiger partial charge on any atom is 0.317 e. The number of hydrogen-bond donors (Lipinski definition) is 2. The van der Waals surface area contributed by atoms with Gasteiger partial charge in [0.15, 0.2) is 0 Å². The van der Waals surface area contributed by atoms with Crippen molar-refractivity contribution in [2.24, 2.45) is 5.92 Å². The molecule has 0 radical (unpaired) electrons. The summed E-state index contributed by atoms with van der Waals surface area (Å²) in [4.78, 5) is 23.8. The first-order valence-electron chi connectivity index (χ1n) is 5.39. The molecule has 1 heterocycles. The summed E-state index contributed by atoms with van der Waals surface area (Å²) in [6.07, 6.45) is 0. The second kappa shape index (κ2) is 5.98. The average Bonchev–Trinajstić information content (AvgIpc) is 2.57. The minimum Gasteiger partial charge on any atom is -0.480 e. The maximum absolute atomic E-state index is 11.2. The molecule has 92 valence electrons. The van der Waals surface area contributed by atoms with Crippen LogP contribution in [0.1, 0.15) is 13.8 Å². The number of carbonyl (C=O) groups is 2. The zero-order valence-electron chi connectivity index (χ0n) is 9.60. The summed E-state index contributed by atoms with van der Waals surface area (Å²) >= 11 is 1.41. The van der Waals surface area contributed by atoms with Crippen LogP contribution in [0, 0.1) is 5.92 Å². The molecule has 1 rings (SSSR count). The van der Waals surface area contributed by atoms with Gasteiger partial charge in [-0.3, -0.25) is 4.79 Å². The molecule has 0 bridgehead atoms. The normalized spacial score (nSPS) is 17.7. The van der Waals surface area contributed by atoms with Crippen molar-refractivity contribution in [3.05, 3.63) is 0 Å². The third-order valence-electron chi connectivity index (χ3n) is 2.45. The molecule has 5 nitrogen and oxygen atoms in total. The van der Waals surface area contributed by atoms with Crippen molar-refractivity contribution < 1.29 is 14.7 Å². The van der Waals surface area contributed by atoms with Gasteiger partial charge in [-0.25, -0.2) is 4.79 Å². The number of thioether (sulfide) groups is 1. The van der Waals surface area contributed by atoms with Crippen molar-refractivity contribution in [2.45, 2.75) is 19.1 Å². The predicted molar refractivity (Wildman–Crippen MR) is 63.7 cm³/mol. The topological polar surface area (TPSA) is 69.6 Å². The molecule has 1 unspecified atom stereocenters. The van der Waals surface area contributed by atoms with Crippen molar-refractivity contribution in [1.82, 2.24) is 10.2 Å². The number of rotatable bonds is 6. The van der Waals surface area contributed by atoms with Crippen molar-refractivity contribution in [2.75, 3.05) is 25.4 Å². The van der Waals surface area contributed by atoms with E-state index in [1.807, 2.05) is 13.8 Å². The van der Waals surface area contributed by atoms with Crippen LogP contribution >= 0.6 is 11.8 Å². The number of carboxylic acids is 1. The number of aliphatic carboxylic acids is 1. The lowest BCUT2D eigenvalue weighted by atomic mass is 10.1. The second-order valence-corrected chi connectivity index (χ2v) is 5.34. The SMILES string of the molecule is CC(C)C(SCCN1CCNC1=O)C(=O)O. The van der Waals surface area contributed by atoms with Gasteiger partial charge >= 0.3 is 12.0 Å². The molecule has 0 aliphatic carbocycles. The van der Waals surface area contributed by atoms with Gasteiger partial charge in [0, 0.05) is 25.4 Å². The number of carbonyl (C=O) groups excluding carboxylic acids is 1. The summed E-state index contributed by atoms with van der Waals surface area (Å²) in [5, 5.41) is 11.3. The summed E-state index contributed by atoms with van der Waals surface area (Å²) in [5.41, 5.74) is 0. The lowest BCUT2D eigenvalue weighted by Crippen LogP contribution is -2.31. The van der Waals surface area contributed by atoms with Gasteiger partial charge in [-0.15, -0.1) is 11.8 Å². The highest BCUT2D eigenvalue weighted by atomic mass is 32.2. The summed E-state index contributed by atoms with van der Waals surface area (Å²) in [5.74, 6) is 0.00327. The van der Waals surface area contributed by atoms with E-state index in [-0.39, 0.29) is 17.2 Å². The van der Waals surface area contributed by atoms with E-state index in [1.54, 1.807) is 4.90 Å². The van der Waals surface area contributed by atoms with E-state index in [2.05, 4.69) is 5.32 Å². The first-order chi connectivity index (χ1) is 7.52. The van der Waals surface area contributed by atoms with Gasteiger partial charge in [0.05, 0.1) is 0 Å². The third kappa shape index (κ3) is 3.59. The molecule has 6 heteroatoms. The van der Waals surface area contributed by atoms with Crippen LogP contribution in [0.25, 0.3) is 0 Å². The second-order valence-electron chi connectivity index (χ2n) is 4.09. The van der Waals surface area contributed by atoms with Crippen molar-refractivity contribution in [1.29, 1.82) is 0 Å². The Morgan fingerprint density at radius 1 is 1.62 bits per heavy atom. The molecule has 1 saturated heterocycles. The lowest BCUT2D eigenvalue weighted by Gasteiger charge is -2.18. The summed E-state index contributed by atoms with van der Waals surface area (Å²) in [6.45, 7) is 5.82. The molecule has 1 fully saturated rings. The van der Waals surface area contributed by atoms with E-state index in [9.17, 15) is 9.59 Å². The Labute approximate surface area is 99.6 Å². The fourth-order valence-electron chi connectivity index (χ4n) is 1.56. The van der Waals surface area contributed by atoms with Crippen LogP contribution in [-0.2, 0) is 4.79 Å². The fourth-order valence-corrected chi connectivity index (χ4v) is 2.67. The standard InChI is InChI=1S/C10H18N2O3S/c1-7(2)8(9(13)14)16-6-5-12-4-3-11-10(12)15/h7-8H,3-6H2,1-2H3,(H,11,15)(H,13,14). The van der Waals surface area contributed by atoms with Crippen LogP contribution in [0.15, 0.2) is 0 Å². The Morgan fingerprint density at radius 3 is 2.75 bits per heavy atom. The summed E-state index contributed by atoms with van der Waals surface area (Å²) in [7, 11) is 0. The number of carboxylic acid groups (broad SMARTS) is 1. The van der Waals surface area contributed by atoms with Gasteiger partial charge in [-0.1, -0.05) is 13.8 Å². The van der Waals surface area contributed by atoms with Gasteiger partial charge in [-0.05, 0) is 5.92 Å². The predicted octanol–water partition coefficient (Wildman–Crippen LogP) is 0.854. The first-order valence-corrected chi connectivity index (χ1v) is 6.44. The zero-order chi connectivity index (χ0) is 12.1. The lowest BCUT2D eigenvalue weighted by molar-refractivity contribution is -0.137. The van der Waals surface area contributed by atoms with Gasteiger partial charge in [0.1, 0.15) is 5.25 Å². The van der Waals surface area contributed by atoms with Crippen LogP contribution in [0.2, 0.25) is 0 Å². The van der Waals surface area contributed by atoms with Gasteiger partial charge in [0.2, 0.25) is 0 Å². The van der Waals surface area contributed by atoms with E-state index in [0.717, 1.165) is 6.54 Å². The largest absolute Gasteiger partial charge is 0.480 e. The zero-order valence-corrected chi connectivity index (χ0v) is 10.4. The molecular weight excluding hydrogens is 228 g/mol. The van der Waals surface area contributed by atoms with E-state index < -0.39 is 5.97 Å². The van der Waals surface area contributed by atoms with E-state index in [4.69, 9.17) is 5.11 Å². The van der Waals surface area contributed by atoms with Crippen molar-refractivity contribution in [3.63, 3.8) is 0 Å². The number of amides is 2. The molecule has 1 aliphatic heterocycles. The number of nitrogens with zero attached hydrogens (tertiary/aromatic N) is 1. The number of nitrogens with one attached hydrogen (secondary N) is 1. The van der Waals surface area contributed by atoms with E-state index >= 15 is 0 Å². The van der Waals surface area contributed by atoms with Crippen LogP contribution in [0.5, 0.6) is 0 Å². The van der Waals surface area contributed by atoms with Crippen LogP contribution in [-0.4, -0.2) is 52.6 Å². The highest BCUT2D eigenvalue weighted by molar-refractivity contribution is 8.00. The fraction of sp³-hybridized carbons (Fsp3) is 0.800. The van der Waals surface area contributed by atoms with Gasteiger partial charge in [0.25, 0.3) is 0 Å². The van der Waals surface area contributed by atoms with Crippen molar-refractivity contribution in [3.8, 4) is 0 Å². The summed E-state index contributed by atoms with van der Waals surface area (Å²) in [6, 6.07) is -0.0444. The van der Waals surface area contributed by atoms with Gasteiger partial charge < -0.3 is 15.3 Å². The highest BCUT2D eigenvalue weighted by Crippen LogP contribution is 2.19. The summed E-state index contributed by atoms with van der Waals surface area (Å²) < 4.78 is 0. The van der Waals surface area contributed by atoms with Crippen LogP contribution in [0.3, 0.4) is 0 Å². The third-order valence-corrected chi connectivity index (χ3v) is 3.98. The Kier molecular flexibility index (Phi) is 4.92. The molecule has 0 spiro atoms. The molecule has 0 aromatic rings. The van der Waals surface area contributed by atoms with Crippen LogP contribution < -0.4 is 5.32 Å². The number of hydrogen-bond acceptors (Lipinski definition) is 3. The first kappa shape index (κ1) is 13.2. The molecular formula is C10H18N2O3S. The molecule has 2 amide bonds. The quantitative estimate of drug-likeness (QED) is 0.729. The Hall–Kier alpha value is -0.910.